The van der Waals surface area contributed by atoms with Crippen molar-refractivity contribution in [2.75, 3.05) is 13.7 Å². The van der Waals surface area contributed by atoms with Gasteiger partial charge < -0.3 is 19.2 Å². The van der Waals surface area contributed by atoms with E-state index in [2.05, 4.69) is 10.3 Å². The minimum absolute atomic E-state index is 0.0327. The second-order valence-electron chi connectivity index (χ2n) is 6.20. The molecular weight excluding hydrogens is 339 g/mol. The van der Waals surface area contributed by atoms with Gasteiger partial charge in [0.2, 0.25) is 5.91 Å². The van der Waals surface area contributed by atoms with Crippen LogP contribution in [0.5, 0.6) is 0 Å². The molecule has 26 heavy (non-hydrogen) atoms. The quantitative estimate of drug-likeness (QED) is 0.782. The van der Waals surface area contributed by atoms with Crippen LogP contribution in [0.3, 0.4) is 0 Å². The van der Waals surface area contributed by atoms with Gasteiger partial charge in [0.25, 0.3) is 0 Å². The number of oxazole rings is 1. The SMILES string of the molecule is CCO[C@@H]1C[C@@H](NC(=O)CCc2ncc(-c3ccccc3F)o2)[C@H]1OC. The number of benzene rings is 1. The Balaban J connectivity index is 1.49. The zero-order chi connectivity index (χ0) is 18.5. The molecule has 1 fully saturated rings. The maximum atomic E-state index is 13.8. The van der Waals surface area contributed by atoms with Gasteiger partial charge >= 0.3 is 0 Å². The third-order valence-corrected chi connectivity index (χ3v) is 4.51. The number of nitrogens with zero attached hydrogens (tertiary/aromatic N) is 1. The monoisotopic (exact) mass is 362 g/mol. The molecule has 1 N–H and O–H groups in total. The number of aromatic nitrogens is 1. The second kappa shape index (κ2) is 8.42. The molecule has 0 spiro atoms. The molecule has 140 valence electrons. The van der Waals surface area contributed by atoms with Crippen LogP contribution in [-0.4, -0.2) is 42.9 Å². The molecule has 1 amide bonds. The van der Waals surface area contributed by atoms with Crippen molar-refractivity contribution in [2.45, 2.75) is 44.4 Å². The molecule has 1 aromatic carbocycles. The molecule has 0 saturated heterocycles. The lowest BCUT2D eigenvalue weighted by atomic mass is 9.85. The lowest BCUT2D eigenvalue weighted by Gasteiger charge is -2.43. The molecular formula is C19H23FN2O4. The van der Waals surface area contributed by atoms with E-state index in [-0.39, 0.29) is 36.4 Å². The van der Waals surface area contributed by atoms with Crippen molar-refractivity contribution < 1.29 is 23.1 Å². The number of ether oxygens (including phenoxy) is 2. The Hall–Kier alpha value is -2.25. The van der Waals surface area contributed by atoms with E-state index in [9.17, 15) is 9.18 Å². The van der Waals surface area contributed by atoms with Crippen molar-refractivity contribution in [3.63, 3.8) is 0 Å². The summed E-state index contributed by atoms with van der Waals surface area (Å²) in [5, 5.41) is 2.95. The summed E-state index contributed by atoms with van der Waals surface area (Å²) in [6.07, 6.45) is 2.72. The average Bonchev–Trinajstić information content (AvgIpc) is 3.08. The highest BCUT2D eigenvalue weighted by atomic mass is 19.1. The summed E-state index contributed by atoms with van der Waals surface area (Å²) in [4.78, 5) is 16.3. The first-order valence-electron chi connectivity index (χ1n) is 8.75. The van der Waals surface area contributed by atoms with Crippen LogP contribution in [0.25, 0.3) is 11.3 Å². The zero-order valence-electron chi connectivity index (χ0n) is 14.9. The number of rotatable bonds is 8. The van der Waals surface area contributed by atoms with Crippen molar-refractivity contribution >= 4 is 5.91 Å². The predicted molar refractivity (Wildman–Crippen MR) is 93.0 cm³/mol. The Morgan fingerprint density at radius 3 is 2.96 bits per heavy atom. The van der Waals surface area contributed by atoms with Gasteiger partial charge in [-0.1, -0.05) is 12.1 Å². The number of methoxy groups -OCH3 is 1. The number of aryl methyl sites for hydroxylation is 1. The fourth-order valence-electron chi connectivity index (χ4n) is 3.13. The van der Waals surface area contributed by atoms with Crippen LogP contribution in [0.15, 0.2) is 34.9 Å². The zero-order valence-corrected chi connectivity index (χ0v) is 14.9. The Bertz CT molecular complexity index is 749. The Labute approximate surface area is 151 Å². The van der Waals surface area contributed by atoms with E-state index in [1.807, 2.05) is 6.92 Å². The highest BCUT2D eigenvalue weighted by Gasteiger charge is 2.42. The number of nitrogens with one attached hydrogen (secondary N) is 1. The largest absolute Gasteiger partial charge is 0.441 e. The fraction of sp³-hybridized carbons (Fsp3) is 0.474. The van der Waals surface area contributed by atoms with E-state index in [4.69, 9.17) is 13.9 Å². The molecule has 0 aliphatic heterocycles. The highest BCUT2D eigenvalue weighted by Crippen LogP contribution is 2.27. The third kappa shape index (κ3) is 4.11. The minimum atomic E-state index is -0.368. The summed E-state index contributed by atoms with van der Waals surface area (Å²) in [7, 11) is 1.62. The maximum Gasteiger partial charge on any atom is 0.220 e. The molecule has 1 aliphatic rings. The van der Waals surface area contributed by atoms with Gasteiger partial charge in [-0.25, -0.2) is 9.37 Å². The molecule has 3 rings (SSSR count). The molecule has 1 heterocycles. The van der Waals surface area contributed by atoms with Crippen molar-refractivity contribution in [3.05, 3.63) is 42.2 Å². The molecule has 3 atom stereocenters. The van der Waals surface area contributed by atoms with Crippen molar-refractivity contribution in [1.82, 2.24) is 10.3 Å². The third-order valence-electron chi connectivity index (χ3n) is 4.51. The minimum Gasteiger partial charge on any atom is -0.441 e. The number of carbonyl (C=O) groups is 1. The second-order valence-corrected chi connectivity index (χ2v) is 6.20. The van der Waals surface area contributed by atoms with Gasteiger partial charge in [-0.15, -0.1) is 0 Å². The first kappa shape index (κ1) is 18.5. The smallest absolute Gasteiger partial charge is 0.220 e. The summed E-state index contributed by atoms with van der Waals surface area (Å²) < 4.78 is 30.3. The number of hydrogen-bond acceptors (Lipinski definition) is 5. The van der Waals surface area contributed by atoms with E-state index in [0.29, 0.717) is 30.2 Å². The number of halogens is 1. The van der Waals surface area contributed by atoms with Crippen LogP contribution in [-0.2, 0) is 20.7 Å². The summed E-state index contributed by atoms with van der Waals surface area (Å²) in [6, 6.07) is 6.30. The van der Waals surface area contributed by atoms with E-state index < -0.39 is 0 Å². The molecule has 0 unspecified atom stereocenters. The Morgan fingerprint density at radius 1 is 1.42 bits per heavy atom. The van der Waals surface area contributed by atoms with Gasteiger partial charge in [-0.2, -0.15) is 0 Å². The fourth-order valence-corrected chi connectivity index (χ4v) is 3.13. The van der Waals surface area contributed by atoms with E-state index in [1.165, 1.54) is 12.3 Å². The Kier molecular flexibility index (Phi) is 6.00. The lowest BCUT2D eigenvalue weighted by molar-refractivity contribution is -0.143. The standard InChI is InChI=1S/C19H23FN2O4/c1-3-25-15-10-14(19(15)24-2)22-17(23)8-9-18-21-11-16(26-18)12-6-4-5-7-13(12)20/h4-7,11,14-15,19H,3,8-10H2,1-2H3,(H,22,23)/t14-,15-,19-/m1/s1. The first-order valence-corrected chi connectivity index (χ1v) is 8.75. The van der Waals surface area contributed by atoms with Gasteiger partial charge in [-0.3, -0.25) is 4.79 Å². The number of hydrogen-bond donors (Lipinski definition) is 1. The van der Waals surface area contributed by atoms with E-state index in [1.54, 1.807) is 25.3 Å². The lowest BCUT2D eigenvalue weighted by Crippen LogP contribution is -2.61. The molecule has 2 aromatic rings. The Morgan fingerprint density at radius 2 is 2.23 bits per heavy atom. The molecule has 0 radical (unpaired) electrons. The van der Waals surface area contributed by atoms with Crippen LogP contribution in [0.1, 0.15) is 25.7 Å². The topological polar surface area (TPSA) is 73.6 Å². The normalized spacial score (nSPS) is 22.0. The van der Waals surface area contributed by atoms with Gasteiger partial charge in [0.15, 0.2) is 11.7 Å². The van der Waals surface area contributed by atoms with Crippen molar-refractivity contribution in [2.24, 2.45) is 0 Å². The van der Waals surface area contributed by atoms with Crippen LogP contribution >= 0.6 is 0 Å². The van der Waals surface area contributed by atoms with Crippen LogP contribution in [0.2, 0.25) is 0 Å². The van der Waals surface area contributed by atoms with Crippen molar-refractivity contribution in [1.29, 1.82) is 0 Å². The molecule has 0 bridgehead atoms. The molecule has 1 aromatic heterocycles. The van der Waals surface area contributed by atoms with Crippen molar-refractivity contribution in [3.8, 4) is 11.3 Å². The molecule has 1 saturated carbocycles. The molecule has 7 heteroatoms. The van der Waals surface area contributed by atoms with Gasteiger partial charge in [0.05, 0.1) is 23.9 Å². The van der Waals surface area contributed by atoms with E-state index >= 15 is 0 Å². The summed E-state index contributed by atoms with van der Waals surface area (Å²) in [6.45, 7) is 2.56. The number of amides is 1. The predicted octanol–water partition coefficient (Wildman–Crippen LogP) is 2.72. The average molecular weight is 362 g/mol. The molecule has 6 nitrogen and oxygen atoms in total. The molecule has 1 aliphatic carbocycles. The summed E-state index contributed by atoms with van der Waals surface area (Å²) in [5.74, 6) is 0.295. The van der Waals surface area contributed by atoms with Crippen LogP contribution < -0.4 is 5.32 Å². The van der Waals surface area contributed by atoms with Gasteiger partial charge in [0, 0.05) is 26.6 Å². The first-order chi connectivity index (χ1) is 12.6. The van der Waals surface area contributed by atoms with Crippen LogP contribution in [0.4, 0.5) is 4.39 Å². The highest BCUT2D eigenvalue weighted by molar-refractivity contribution is 5.76. The van der Waals surface area contributed by atoms with Gasteiger partial charge in [0.1, 0.15) is 11.9 Å². The maximum absolute atomic E-state index is 13.8. The summed E-state index contributed by atoms with van der Waals surface area (Å²) in [5.41, 5.74) is 0.357. The van der Waals surface area contributed by atoms with Gasteiger partial charge in [-0.05, 0) is 25.5 Å². The summed E-state index contributed by atoms with van der Waals surface area (Å²) >= 11 is 0. The van der Waals surface area contributed by atoms with E-state index in [0.717, 1.165) is 6.42 Å². The number of carbonyl (C=O) groups excluding carboxylic acids is 1. The van der Waals surface area contributed by atoms with Crippen LogP contribution in [0, 0.1) is 5.82 Å².